The molecule has 172 valence electrons. The normalized spacial score (nSPS) is 11.9. The summed E-state index contributed by atoms with van der Waals surface area (Å²) in [6.07, 6.45) is 1.46. The fraction of sp³-hybridized carbons (Fsp3) is 0.0385. The highest BCUT2D eigenvalue weighted by atomic mass is 32.2. The molecule has 4 aromatic rings. The van der Waals surface area contributed by atoms with E-state index in [-0.39, 0.29) is 4.90 Å². The third-order valence-corrected chi connectivity index (χ3v) is 9.01. The Bertz CT molecular complexity index is 1400. The van der Waals surface area contributed by atoms with Gasteiger partial charge in [0.15, 0.2) is 0 Å². The molecule has 0 aliphatic carbocycles. The van der Waals surface area contributed by atoms with Crippen molar-refractivity contribution in [1.82, 2.24) is 5.20 Å². The number of para-hydroxylation sites is 1. The average molecular weight is 490 g/mol. The highest BCUT2D eigenvalue weighted by Crippen LogP contribution is 2.38. The van der Waals surface area contributed by atoms with Crippen molar-refractivity contribution in [2.24, 2.45) is 5.10 Å². The Kier molecular flexibility index (Phi) is 6.96. The Labute approximate surface area is 199 Å². The van der Waals surface area contributed by atoms with Crippen LogP contribution in [0.15, 0.2) is 119 Å². The first-order valence-corrected chi connectivity index (χ1v) is 13.8. The number of anilines is 1. The third kappa shape index (κ3) is 5.28. The van der Waals surface area contributed by atoms with E-state index in [2.05, 4.69) is 15.0 Å². The van der Waals surface area contributed by atoms with E-state index in [1.54, 1.807) is 72.8 Å². The van der Waals surface area contributed by atoms with E-state index < -0.39 is 17.3 Å². The van der Waals surface area contributed by atoms with Crippen LogP contribution in [0.1, 0.15) is 11.1 Å². The molecule has 0 aromatic heterocycles. The van der Waals surface area contributed by atoms with E-state index in [9.17, 15) is 13.0 Å². The summed E-state index contributed by atoms with van der Waals surface area (Å²) in [5.74, 6) is 0. The fourth-order valence-corrected chi connectivity index (χ4v) is 6.36. The Balaban J connectivity index is 1.62. The van der Waals surface area contributed by atoms with Crippen LogP contribution in [0.25, 0.3) is 0 Å². The van der Waals surface area contributed by atoms with Crippen molar-refractivity contribution in [3.8, 4) is 0 Å². The molecule has 0 fully saturated rings. The lowest BCUT2D eigenvalue weighted by Crippen LogP contribution is -2.24. The molecule has 0 heterocycles. The molecule has 4 aromatic carbocycles. The Morgan fingerprint density at radius 3 is 1.85 bits per heavy atom. The first kappa shape index (κ1) is 23.5. The molecule has 0 aliphatic heterocycles. The molecule has 34 heavy (non-hydrogen) atoms. The summed E-state index contributed by atoms with van der Waals surface area (Å²) < 4.78 is 42.3. The van der Waals surface area contributed by atoms with Crippen molar-refractivity contribution in [3.63, 3.8) is 0 Å². The van der Waals surface area contributed by atoms with Crippen molar-refractivity contribution in [2.45, 2.75) is 11.8 Å². The molecular formula is C26H24N3O3PS. The standard InChI is InChI=1S/C26H24N3O3PS/c1-21-16-18-25(19-17-21)34(31,32)28-26-15-9-8-10-22(26)20-27-29-33(30,23-11-4-2-5-12-23)24-13-6-3-7-14-24/h2-20,28H,1H3,(H,29,30)/b27-20+. The van der Waals surface area contributed by atoms with Crippen molar-refractivity contribution >= 4 is 39.8 Å². The van der Waals surface area contributed by atoms with Gasteiger partial charge in [0, 0.05) is 16.2 Å². The predicted octanol–water partition coefficient (Wildman–Crippen LogP) is 4.65. The first-order chi connectivity index (χ1) is 16.4. The highest BCUT2D eigenvalue weighted by molar-refractivity contribution is 7.92. The van der Waals surface area contributed by atoms with Crippen LogP contribution in [0.2, 0.25) is 0 Å². The molecule has 0 spiro atoms. The summed E-state index contributed by atoms with van der Waals surface area (Å²) in [5, 5.41) is 8.36. The quantitative estimate of drug-likeness (QED) is 0.214. The van der Waals surface area contributed by atoms with E-state index in [1.165, 1.54) is 6.21 Å². The number of hydrogen-bond acceptors (Lipinski definition) is 4. The molecule has 0 saturated heterocycles. The monoisotopic (exact) mass is 489 g/mol. The molecule has 0 amide bonds. The number of nitrogens with zero attached hydrogens (tertiary/aromatic N) is 1. The van der Waals surface area contributed by atoms with Crippen molar-refractivity contribution in [3.05, 3.63) is 120 Å². The van der Waals surface area contributed by atoms with Gasteiger partial charge in [-0.05, 0) is 49.4 Å². The molecule has 2 N–H and O–H groups in total. The van der Waals surface area contributed by atoms with E-state index in [1.807, 2.05) is 43.3 Å². The van der Waals surface area contributed by atoms with Gasteiger partial charge in [0.1, 0.15) is 0 Å². The summed E-state index contributed by atoms with van der Waals surface area (Å²) in [7, 11) is -7.04. The van der Waals surface area contributed by atoms with Gasteiger partial charge < -0.3 is 0 Å². The number of hydrogen-bond donors (Lipinski definition) is 2. The van der Waals surface area contributed by atoms with Crippen molar-refractivity contribution in [1.29, 1.82) is 0 Å². The molecule has 0 atom stereocenters. The minimum Gasteiger partial charge on any atom is -0.289 e. The second-order valence-corrected chi connectivity index (χ2v) is 11.8. The summed E-state index contributed by atoms with van der Waals surface area (Å²) in [6, 6.07) is 31.7. The summed E-state index contributed by atoms with van der Waals surface area (Å²) in [4.78, 5) is 0.167. The summed E-state index contributed by atoms with van der Waals surface area (Å²) in [6.45, 7) is 1.90. The van der Waals surface area contributed by atoms with Crippen LogP contribution in [0.5, 0.6) is 0 Å². The van der Waals surface area contributed by atoms with Crippen molar-refractivity contribution < 1.29 is 13.0 Å². The van der Waals surface area contributed by atoms with E-state index in [4.69, 9.17) is 0 Å². The van der Waals surface area contributed by atoms with E-state index in [0.29, 0.717) is 21.9 Å². The van der Waals surface area contributed by atoms with Gasteiger partial charge in [0.05, 0.1) is 16.8 Å². The van der Waals surface area contributed by atoms with Crippen LogP contribution < -0.4 is 20.5 Å². The number of benzene rings is 4. The lowest BCUT2D eigenvalue weighted by atomic mass is 10.2. The van der Waals surface area contributed by atoms with E-state index >= 15 is 0 Å². The zero-order valence-corrected chi connectivity index (χ0v) is 20.2. The Morgan fingerprint density at radius 1 is 0.735 bits per heavy atom. The van der Waals surface area contributed by atoms with Gasteiger partial charge in [0.2, 0.25) is 7.29 Å². The van der Waals surface area contributed by atoms with Gasteiger partial charge in [-0.15, -0.1) is 0 Å². The SMILES string of the molecule is Cc1ccc(S(=O)(=O)Nc2ccccc2/C=N/NP(=O)(c2ccccc2)c2ccccc2)cc1. The van der Waals surface area contributed by atoms with Crippen LogP contribution in [0, 0.1) is 6.92 Å². The molecule has 6 nitrogen and oxygen atoms in total. The predicted molar refractivity (Wildman–Crippen MR) is 139 cm³/mol. The number of aryl methyl sites for hydroxylation is 1. The highest BCUT2D eigenvalue weighted by Gasteiger charge is 2.26. The maximum absolute atomic E-state index is 14.0. The molecule has 8 heteroatoms. The topological polar surface area (TPSA) is 87.6 Å². The summed E-state index contributed by atoms with van der Waals surface area (Å²) >= 11 is 0. The second kappa shape index (κ2) is 10.1. The Morgan fingerprint density at radius 2 is 1.26 bits per heavy atom. The molecule has 0 saturated carbocycles. The van der Waals surface area contributed by atoms with Gasteiger partial charge in [0.25, 0.3) is 10.0 Å². The maximum atomic E-state index is 14.0. The van der Waals surface area contributed by atoms with Gasteiger partial charge in [-0.1, -0.05) is 72.3 Å². The minimum atomic E-state index is -3.78. The van der Waals surface area contributed by atoms with Gasteiger partial charge in [-0.25, -0.2) is 8.42 Å². The third-order valence-electron chi connectivity index (χ3n) is 5.18. The van der Waals surface area contributed by atoms with Gasteiger partial charge in [-0.3, -0.25) is 14.5 Å². The largest absolute Gasteiger partial charge is 0.289 e. The number of hydrazone groups is 1. The van der Waals surface area contributed by atoms with Crippen LogP contribution in [0.4, 0.5) is 5.69 Å². The zero-order valence-electron chi connectivity index (χ0n) is 18.5. The van der Waals surface area contributed by atoms with Gasteiger partial charge in [-0.2, -0.15) is 5.10 Å². The van der Waals surface area contributed by atoms with E-state index in [0.717, 1.165) is 5.56 Å². The number of sulfonamides is 1. The van der Waals surface area contributed by atoms with Crippen LogP contribution in [0.3, 0.4) is 0 Å². The maximum Gasteiger partial charge on any atom is 0.261 e. The number of rotatable bonds is 8. The molecular weight excluding hydrogens is 465 g/mol. The molecule has 0 aliphatic rings. The van der Waals surface area contributed by atoms with Gasteiger partial charge >= 0.3 is 0 Å². The van der Waals surface area contributed by atoms with Crippen LogP contribution >= 0.6 is 7.29 Å². The zero-order chi connectivity index (χ0) is 24.0. The van der Waals surface area contributed by atoms with Crippen LogP contribution in [-0.4, -0.2) is 14.6 Å². The Hall–Kier alpha value is -3.67. The molecule has 4 rings (SSSR count). The first-order valence-electron chi connectivity index (χ1n) is 10.6. The summed E-state index contributed by atoms with van der Waals surface area (Å²) in [5.41, 5.74) is 1.86. The van der Waals surface area contributed by atoms with Crippen LogP contribution in [-0.2, 0) is 14.6 Å². The fourth-order valence-electron chi connectivity index (χ4n) is 3.34. The minimum absolute atomic E-state index is 0.167. The smallest absolute Gasteiger partial charge is 0.261 e. The lowest BCUT2D eigenvalue weighted by Gasteiger charge is -2.18. The average Bonchev–Trinajstić information content (AvgIpc) is 2.86. The lowest BCUT2D eigenvalue weighted by molar-refractivity contribution is 0.580. The second-order valence-electron chi connectivity index (χ2n) is 7.64. The molecule has 0 unspecified atom stereocenters. The number of nitrogens with one attached hydrogen (secondary N) is 2. The molecule has 0 radical (unpaired) electrons. The molecule has 0 bridgehead atoms. The van der Waals surface area contributed by atoms with Crippen molar-refractivity contribution in [2.75, 3.05) is 4.72 Å².